The molecule has 0 spiro atoms. The molecule has 0 atom stereocenters. The molecule has 0 fully saturated rings. The fourth-order valence-corrected chi connectivity index (χ4v) is 2.44. The van der Waals surface area contributed by atoms with Crippen molar-refractivity contribution in [2.24, 2.45) is 0 Å². The molecule has 0 aliphatic rings. The number of alkyl halides is 5. The molecule has 0 saturated heterocycles. The molecule has 0 saturated carbocycles. The van der Waals surface area contributed by atoms with Crippen molar-refractivity contribution in [3.05, 3.63) is 71.1 Å². The summed E-state index contributed by atoms with van der Waals surface area (Å²) in [4.78, 5) is 11.2. The minimum Gasteiger partial charge on any atom is -0.413 e. The minimum atomic E-state index is -4.42. The van der Waals surface area contributed by atoms with Gasteiger partial charge in [-0.1, -0.05) is 30.3 Å². The molecule has 3 rings (SSSR count). The topological polar surface area (TPSA) is 56.0 Å². The second-order valence-electron chi connectivity index (χ2n) is 5.61. The number of hydrogen-bond donors (Lipinski definition) is 0. The quantitative estimate of drug-likeness (QED) is 0.470. The molecule has 0 unspecified atom stereocenters. The molecule has 27 heavy (non-hydrogen) atoms. The fraction of sp³-hybridized carbons (Fsp3) is 0.167. The highest BCUT2D eigenvalue weighted by atomic mass is 19.4. The van der Waals surface area contributed by atoms with Gasteiger partial charge in [0.1, 0.15) is 0 Å². The van der Waals surface area contributed by atoms with Gasteiger partial charge in [0, 0.05) is 5.56 Å². The molecule has 1 heterocycles. The molecule has 9 heteroatoms. The van der Waals surface area contributed by atoms with Gasteiger partial charge in [0.15, 0.2) is 0 Å². The van der Waals surface area contributed by atoms with E-state index in [2.05, 4.69) is 10.2 Å². The molecule has 0 N–H and O–H groups in total. The van der Waals surface area contributed by atoms with Crippen molar-refractivity contribution in [2.75, 3.05) is 0 Å². The lowest BCUT2D eigenvalue weighted by Crippen LogP contribution is -2.10. The molecule has 3 aromatic rings. The largest absolute Gasteiger partial charge is 0.416 e. The average Bonchev–Trinajstić information content (AvgIpc) is 3.11. The molecular formula is C18H11F5N2O2. The molecule has 0 aliphatic heterocycles. The van der Waals surface area contributed by atoms with Gasteiger partial charge in [-0.15, -0.1) is 10.2 Å². The molecule has 0 bridgehead atoms. The summed E-state index contributed by atoms with van der Waals surface area (Å²) >= 11 is 0. The average molecular weight is 382 g/mol. The maximum absolute atomic E-state index is 12.6. The summed E-state index contributed by atoms with van der Waals surface area (Å²) in [6.45, 7) is 0. The number of rotatable bonds is 5. The van der Waals surface area contributed by atoms with Crippen LogP contribution in [-0.2, 0) is 12.6 Å². The summed E-state index contributed by atoms with van der Waals surface area (Å²) in [6, 6.07) is 11.3. The van der Waals surface area contributed by atoms with Crippen molar-refractivity contribution in [2.45, 2.75) is 19.0 Å². The minimum absolute atomic E-state index is 0.124. The van der Waals surface area contributed by atoms with Crippen molar-refractivity contribution in [3.8, 4) is 11.5 Å². The summed E-state index contributed by atoms with van der Waals surface area (Å²) < 4.78 is 67.9. The predicted octanol–water partition coefficient (Wildman–Crippen LogP) is 4.79. The van der Waals surface area contributed by atoms with E-state index < -0.39 is 29.8 Å². The Labute approximate surface area is 149 Å². The van der Waals surface area contributed by atoms with Gasteiger partial charge in [0.25, 0.3) is 11.7 Å². The summed E-state index contributed by atoms with van der Waals surface area (Å²) in [6.07, 6.45) is -7.44. The van der Waals surface area contributed by atoms with E-state index in [0.29, 0.717) is 16.7 Å². The number of Topliss-reactive ketones (excluding diaryl/α,β-unsaturated/α-hetero) is 1. The first-order valence-electron chi connectivity index (χ1n) is 7.66. The molecule has 4 nitrogen and oxygen atoms in total. The van der Waals surface area contributed by atoms with Crippen LogP contribution in [-0.4, -0.2) is 22.4 Å². The van der Waals surface area contributed by atoms with Crippen LogP contribution in [0.4, 0.5) is 22.0 Å². The molecular weight excluding hydrogens is 371 g/mol. The van der Waals surface area contributed by atoms with Gasteiger partial charge in [-0.05, 0) is 35.7 Å². The van der Waals surface area contributed by atoms with Crippen molar-refractivity contribution in [1.82, 2.24) is 10.2 Å². The third-order valence-electron chi connectivity index (χ3n) is 3.76. The number of aromatic nitrogens is 2. The lowest BCUT2D eigenvalue weighted by Gasteiger charge is -2.09. The van der Waals surface area contributed by atoms with Crippen LogP contribution in [0.15, 0.2) is 52.9 Å². The third kappa shape index (κ3) is 4.18. The van der Waals surface area contributed by atoms with E-state index in [1.807, 2.05) is 0 Å². The lowest BCUT2D eigenvalue weighted by molar-refractivity contribution is -0.137. The number of nitrogens with zero attached hydrogens (tertiary/aromatic N) is 2. The highest BCUT2D eigenvalue weighted by molar-refractivity contribution is 5.94. The molecule has 1 aromatic heterocycles. The van der Waals surface area contributed by atoms with Crippen LogP contribution in [0, 0.1) is 0 Å². The third-order valence-corrected chi connectivity index (χ3v) is 3.76. The molecule has 0 radical (unpaired) electrons. The first kappa shape index (κ1) is 18.7. The summed E-state index contributed by atoms with van der Waals surface area (Å²) in [5, 5.41) is 6.95. The van der Waals surface area contributed by atoms with Crippen LogP contribution in [0.1, 0.15) is 27.4 Å². The predicted molar refractivity (Wildman–Crippen MR) is 84.3 cm³/mol. The van der Waals surface area contributed by atoms with Crippen LogP contribution in [0.25, 0.3) is 11.5 Å². The van der Waals surface area contributed by atoms with Crippen LogP contribution < -0.4 is 0 Å². The fourth-order valence-electron chi connectivity index (χ4n) is 2.44. The zero-order valence-electron chi connectivity index (χ0n) is 13.5. The molecule has 0 amide bonds. The van der Waals surface area contributed by atoms with Crippen LogP contribution >= 0.6 is 0 Å². The SMILES string of the molecule is O=C(c1nnc(-c2ccccc2Cc2ccc(C(F)(F)F)cc2)o1)C(F)F. The van der Waals surface area contributed by atoms with E-state index in [1.165, 1.54) is 12.1 Å². The van der Waals surface area contributed by atoms with Gasteiger partial charge >= 0.3 is 12.6 Å². The van der Waals surface area contributed by atoms with E-state index in [0.717, 1.165) is 12.1 Å². The lowest BCUT2D eigenvalue weighted by atomic mass is 9.99. The number of benzene rings is 2. The Balaban J connectivity index is 1.88. The highest BCUT2D eigenvalue weighted by Crippen LogP contribution is 2.30. The first-order chi connectivity index (χ1) is 12.8. The maximum Gasteiger partial charge on any atom is 0.416 e. The van der Waals surface area contributed by atoms with Gasteiger partial charge < -0.3 is 4.42 Å². The van der Waals surface area contributed by atoms with E-state index in [4.69, 9.17) is 4.42 Å². The number of hydrogen-bond acceptors (Lipinski definition) is 4. The first-order valence-corrected chi connectivity index (χ1v) is 7.66. The maximum atomic E-state index is 12.6. The summed E-state index contributed by atoms with van der Waals surface area (Å²) in [7, 11) is 0. The van der Waals surface area contributed by atoms with Gasteiger partial charge in [-0.2, -0.15) is 13.2 Å². The monoisotopic (exact) mass is 382 g/mol. The van der Waals surface area contributed by atoms with Gasteiger partial charge in [0.05, 0.1) is 5.56 Å². The second-order valence-corrected chi connectivity index (χ2v) is 5.61. The zero-order valence-corrected chi connectivity index (χ0v) is 13.5. The smallest absolute Gasteiger partial charge is 0.413 e. The number of carbonyl (C=O) groups is 1. The number of halogens is 5. The summed E-state index contributed by atoms with van der Waals surface area (Å²) in [5.74, 6) is -2.50. The Bertz CT molecular complexity index is 949. The summed E-state index contributed by atoms with van der Waals surface area (Å²) in [5.41, 5.74) is 0.862. The highest BCUT2D eigenvalue weighted by Gasteiger charge is 2.30. The van der Waals surface area contributed by atoms with Gasteiger partial charge in [-0.25, -0.2) is 8.78 Å². The van der Waals surface area contributed by atoms with Crippen molar-refractivity contribution < 1.29 is 31.2 Å². The van der Waals surface area contributed by atoms with E-state index >= 15 is 0 Å². The van der Waals surface area contributed by atoms with E-state index in [1.54, 1.807) is 24.3 Å². The Hall–Kier alpha value is -3.10. The normalized spacial score (nSPS) is 11.8. The second kappa shape index (κ2) is 7.26. The number of carbonyl (C=O) groups excluding carboxylic acids is 1. The van der Waals surface area contributed by atoms with Crippen LogP contribution in [0.3, 0.4) is 0 Å². The van der Waals surface area contributed by atoms with Crippen LogP contribution in [0.5, 0.6) is 0 Å². The Kier molecular flexibility index (Phi) is 5.02. The standard InChI is InChI=1S/C18H11F5N2O2/c19-15(20)14(26)17-25-24-16(27-17)13-4-2-1-3-11(13)9-10-5-7-12(8-6-10)18(21,22)23/h1-8,15H,9H2. The van der Waals surface area contributed by atoms with Crippen LogP contribution in [0.2, 0.25) is 0 Å². The van der Waals surface area contributed by atoms with Crippen molar-refractivity contribution >= 4 is 5.78 Å². The van der Waals surface area contributed by atoms with Crippen molar-refractivity contribution in [1.29, 1.82) is 0 Å². The van der Waals surface area contributed by atoms with Gasteiger partial charge in [-0.3, -0.25) is 4.79 Å². The Morgan fingerprint density at radius 1 is 1.00 bits per heavy atom. The number of ketones is 1. The van der Waals surface area contributed by atoms with E-state index in [9.17, 15) is 26.7 Å². The Morgan fingerprint density at radius 3 is 2.30 bits per heavy atom. The van der Waals surface area contributed by atoms with Crippen molar-refractivity contribution in [3.63, 3.8) is 0 Å². The Morgan fingerprint density at radius 2 is 1.67 bits per heavy atom. The molecule has 0 aliphatic carbocycles. The molecule has 2 aromatic carbocycles. The zero-order chi connectivity index (χ0) is 19.6. The van der Waals surface area contributed by atoms with Gasteiger partial charge in [0.2, 0.25) is 5.89 Å². The van der Waals surface area contributed by atoms with E-state index in [-0.39, 0.29) is 12.3 Å². The molecule has 140 valence electrons.